The fourth-order valence-corrected chi connectivity index (χ4v) is 7.62. The summed E-state index contributed by atoms with van der Waals surface area (Å²) >= 11 is 3.30. The molecule has 51 heavy (non-hydrogen) atoms. The van der Waals surface area contributed by atoms with E-state index in [0.717, 1.165) is 11.1 Å². The van der Waals surface area contributed by atoms with Crippen LogP contribution in [0.5, 0.6) is 11.5 Å². The summed E-state index contributed by atoms with van der Waals surface area (Å²) in [6.45, 7) is 4.48. The summed E-state index contributed by atoms with van der Waals surface area (Å²) in [5.74, 6) is -2.30. The van der Waals surface area contributed by atoms with E-state index in [1.807, 2.05) is 12.1 Å². The van der Waals surface area contributed by atoms with Gasteiger partial charge in [0.25, 0.3) is 5.92 Å². The van der Waals surface area contributed by atoms with Gasteiger partial charge in [-0.25, -0.2) is 14.6 Å². The lowest BCUT2D eigenvalue weighted by Crippen LogP contribution is -2.52. The highest BCUT2D eigenvalue weighted by molar-refractivity contribution is 9.10. The molecular formula is C36H33BrF2N6O6. The second kappa shape index (κ2) is 12.2. The average molecular weight is 764 g/mol. The van der Waals surface area contributed by atoms with Crippen molar-refractivity contribution in [3.8, 4) is 33.9 Å². The number of carbonyl (C=O) groups excluding carboxylic acids is 3. The molecule has 1 aliphatic carbocycles. The molecule has 2 N–H and O–H groups in total. The quantitative estimate of drug-likeness (QED) is 0.243. The van der Waals surface area contributed by atoms with Gasteiger partial charge in [-0.1, -0.05) is 48.0 Å². The number of nitrogens with zero attached hydrogens (tertiary/aromatic N) is 4. The van der Waals surface area contributed by atoms with E-state index in [9.17, 15) is 14.4 Å². The first-order valence-electron chi connectivity index (χ1n) is 16.4. The zero-order valence-electron chi connectivity index (χ0n) is 27.8. The number of nitrogens with one attached hydrogen (secondary N) is 2. The summed E-state index contributed by atoms with van der Waals surface area (Å²) < 4.78 is 47.7. The summed E-state index contributed by atoms with van der Waals surface area (Å²) in [4.78, 5) is 53.1. The van der Waals surface area contributed by atoms with Crippen molar-refractivity contribution in [2.75, 3.05) is 27.1 Å². The van der Waals surface area contributed by atoms with Crippen LogP contribution in [0.25, 0.3) is 22.4 Å². The molecule has 4 amide bonds. The van der Waals surface area contributed by atoms with Gasteiger partial charge in [0.2, 0.25) is 12.7 Å². The lowest BCUT2D eigenvalue weighted by Gasteiger charge is -2.29. The van der Waals surface area contributed by atoms with Gasteiger partial charge in [-0.05, 0) is 58.5 Å². The van der Waals surface area contributed by atoms with Crippen molar-refractivity contribution in [3.05, 3.63) is 87.3 Å². The van der Waals surface area contributed by atoms with Crippen LogP contribution in [0.1, 0.15) is 48.0 Å². The molecule has 0 radical (unpaired) electrons. The van der Waals surface area contributed by atoms with Crippen LogP contribution in [0.15, 0.2) is 59.2 Å². The maximum atomic E-state index is 15.7. The normalized spacial score (nSPS) is 18.5. The lowest BCUT2D eigenvalue weighted by atomic mass is 10.0. The van der Waals surface area contributed by atoms with E-state index in [2.05, 4.69) is 26.2 Å². The van der Waals surface area contributed by atoms with Gasteiger partial charge >= 0.3 is 12.1 Å². The van der Waals surface area contributed by atoms with Crippen LogP contribution >= 0.6 is 15.9 Å². The number of carbonyl (C=O) groups is 3. The number of benzene rings is 3. The Hall–Kier alpha value is -5.18. The number of aromatic amines is 1. The highest BCUT2D eigenvalue weighted by Gasteiger charge is 2.46. The number of fused-ring (bicyclic) bond motifs is 5. The molecule has 1 fully saturated rings. The Labute approximate surface area is 299 Å². The van der Waals surface area contributed by atoms with E-state index in [-0.39, 0.29) is 43.1 Å². The fraction of sp³-hybridized carbons (Fsp3) is 0.333. The number of H-pyrrole nitrogens is 1. The Morgan fingerprint density at radius 2 is 1.67 bits per heavy atom. The van der Waals surface area contributed by atoms with Gasteiger partial charge in [0.05, 0.1) is 26.0 Å². The average Bonchev–Trinajstić information content (AvgIpc) is 3.95. The Balaban J connectivity index is 1.09. The fourth-order valence-electron chi connectivity index (χ4n) is 7.25. The van der Waals surface area contributed by atoms with E-state index in [0.29, 0.717) is 57.3 Å². The maximum Gasteiger partial charge on any atom is 0.407 e. The van der Waals surface area contributed by atoms with E-state index in [1.54, 1.807) is 54.1 Å². The topological polar surface area (TPSA) is 129 Å². The van der Waals surface area contributed by atoms with Crippen LogP contribution < -0.4 is 14.8 Å². The molecule has 3 aliphatic heterocycles. The molecule has 12 nitrogen and oxygen atoms in total. The number of imidazole rings is 1. The number of methoxy groups -OCH3 is 1. The summed E-state index contributed by atoms with van der Waals surface area (Å²) in [6, 6.07) is 11.5. The summed E-state index contributed by atoms with van der Waals surface area (Å²) in [6.07, 6.45) is 0.845. The Kier molecular flexibility index (Phi) is 7.92. The van der Waals surface area contributed by atoms with Crippen molar-refractivity contribution in [1.29, 1.82) is 0 Å². The van der Waals surface area contributed by atoms with Crippen LogP contribution in [0.3, 0.4) is 0 Å². The standard InChI is InChI=1S/C36H33BrF2N6O6/c1-18(2)31(42-34(47)49-3)33(46)45-16-44(35(48)43-13-20-9-29-30(51-17-50-29)10-21(20)14-43)15-28(45)32-40-12-27(41-32)19-4-6-23-24-7-5-22(37)11-26(24)36(38,39)25(23)8-19/h4-12,18,28,31H,13-17H2,1-3H3,(H,40,41)(H,42,47)/t28-,31?/m0/s1. The van der Waals surface area contributed by atoms with E-state index >= 15 is 8.78 Å². The smallest absolute Gasteiger partial charge is 0.407 e. The number of aromatic nitrogens is 2. The number of urea groups is 1. The number of hydrogen-bond donors (Lipinski definition) is 2. The van der Waals surface area contributed by atoms with Gasteiger partial charge in [-0.3, -0.25) is 4.79 Å². The first-order valence-corrected chi connectivity index (χ1v) is 17.2. The molecule has 2 atom stereocenters. The molecule has 264 valence electrons. The lowest BCUT2D eigenvalue weighted by molar-refractivity contribution is -0.135. The first kappa shape index (κ1) is 33.0. The highest BCUT2D eigenvalue weighted by atomic mass is 79.9. The number of ether oxygens (including phenoxy) is 3. The van der Waals surface area contributed by atoms with Crippen molar-refractivity contribution < 1.29 is 37.4 Å². The molecule has 1 aromatic heterocycles. The van der Waals surface area contributed by atoms with Crippen molar-refractivity contribution in [3.63, 3.8) is 0 Å². The number of hydrogen-bond acceptors (Lipinski definition) is 7. The molecule has 0 saturated carbocycles. The summed E-state index contributed by atoms with van der Waals surface area (Å²) in [5, 5.41) is 2.63. The third-order valence-electron chi connectivity index (χ3n) is 9.90. The van der Waals surface area contributed by atoms with E-state index < -0.39 is 30.0 Å². The predicted octanol–water partition coefficient (Wildman–Crippen LogP) is 6.35. The van der Waals surface area contributed by atoms with E-state index in [4.69, 9.17) is 19.2 Å². The second-order valence-electron chi connectivity index (χ2n) is 13.4. The molecule has 0 bridgehead atoms. The molecule has 8 rings (SSSR count). The number of alkyl halides is 2. The van der Waals surface area contributed by atoms with Crippen molar-refractivity contribution in [2.45, 2.75) is 44.9 Å². The molecule has 4 aliphatic rings. The number of amides is 4. The van der Waals surface area contributed by atoms with E-state index in [1.165, 1.54) is 24.1 Å². The summed E-state index contributed by atoms with van der Waals surface area (Å²) in [7, 11) is 1.22. The maximum absolute atomic E-state index is 15.7. The number of halogens is 3. The SMILES string of the molecule is COC(=O)NC(C(=O)N1CN(C(=O)N2Cc3cc4c(cc3C2)OCO4)C[C@H]1c1nc(-c2ccc3c(c2)C(F)(F)c2cc(Br)ccc2-3)c[nH]1)C(C)C. The van der Waals surface area contributed by atoms with Gasteiger partial charge in [-0.15, -0.1) is 0 Å². The number of alkyl carbamates (subject to hydrolysis) is 1. The van der Waals surface area contributed by atoms with Crippen molar-refractivity contribution >= 4 is 34.0 Å². The predicted molar refractivity (Wildman–Crippen MR) is 183 cm³/mol. The third-order valence-corrected chi connectivity index (χ3v) is 10.4. The van der Waals surface area contributed by atoms with Gasteiger partial charge in [-0.2, -0.15) is 8.78 Å². The first-order chi connectivity index (χ1) is 24.4. The van der Waals surface area contributed by atoms with Gasteiger partial charge in [0, 0.05) is 40.4 Å². The molecule has 4 aromatic rings. The minimum atomic E-state index is -3.20. The molecule has 1 unspecified atom stereocenters. The largest absolute Gasteiger partial charge is 0.454 e. The van der Waals surface area contributed by atoms with Gasteiger partial charge in [0.15, 0.2) is 11.5 Å². The zero-order valence-corrected chi connectivity index (χ0v) is 29.4. The van der Waals surface area contributed by atoms with Crippen molar-refractivity contribution in [2.24, 2.45) is 5.92 Å². The third kappa shape index (κ3) is 5.54. The summed E-state index contributed by atoms with van der Waals surface area (Å²) in [5.41, 5.74) is 3.51. The Morgan fingerprint density at radius 1 is 1.00 bits per heavy atom. The van der Waals surface area contributed by atoms with Crippen LogP contribution in [0.4, 0.5) is 18.4 Å². The highest BCUT2D eigenvalue weighted by Crippen LogP contribution is 2.52. The molecule has 3 aromatic carbocycles. The van der Waals surface area contributed by atoms with Crippen LogP contribution in [0, 0.1) is 5.92 Å². The van der Waals surface area contributed by atoms with Crippen LogP contribution in [0.2, 0.25) is 0 Å². The molecule has 0 spiro atoms. The zero-order chi connectivity index (χ0) is 35.8. The number of rotatable bonds is 5. The molecule has 15 heteroatoms. The van der Waals surface area contributed by atoms with Crippen LogP contribution in [-0.2, 0) is 28.5 Å². The second-order valence-corrected chi connectivity index (χ2v) is 14.3. The minimum Gasteiger partial charge on any atom is -0.454 e. The molecule has 4 heterocycles. The monoisotopic (exact) mass is 762 g/mol. The van der Waals surface area contributed by atoms with Gasteiger partial charge in [0.1, 0.15) is 17.9 Å². The minimum absolute atomic E-state index is 0.0660. The van der Waals surface area contributed by atoms with Crippen molar-refractivity contribution in [1.82, 2.24) is 30.0 Å². The Morgan fingerprint density at radius 3 is 2.33 bits per heavy atom. The van der Waals surface area contributed by atoms with Crippen LogP contribution in [-0.4, -0.2) is 75.9 Å². The molecular weight excluding hydrogens is 730 g/mol. The Bertz CT molecular complexity index is 2070. The molecule has 1 saturated heterocycles. The van der Waals surface area contributed by atoms with Gasteiger partial charge < -0.3 is 39.2 Å².